The van der Waals surface area contributed by atoms with Gasteiger partial charge in [-0.15, -0.1) is 0 Å². The van der Waals surface area contributed by atoms with Gasteiger partial charge < -0.3 is 23.9 Å². The number of amides is 2. The molecule has 0 fully saturated rings. The maximum atomic E-state index is 12.5. The number of benzene rings is 1. The molecule has 0 spiro atoms. The van der Waals surface area contributed by atoms with Gasteiger partial charge in [0.2, 0.25) is 0 Å². The van der Waals surface area contributed by atoms with Crippen molar-refractivity contribution in [2.24, 2.45) is 0 Å². The van der Waals surface area contributed by atoms with Crippen LogP contribution in [-0.2, 0) is 13.3 Å². The molecule has 26 heavy (non-hydrogen) atoms. The van der Waals surface area contributed by atoms with Crippen molar-refractivity contribution in [2.75, 3.05) is 34.4 Å². The summed E-state index contributed by atoms with van der Waals surface area (Å²) in [6.45, 7) is 3.04. The SMILES string of the molecule is CCCCCNC(=O)c1ccccc1C(=O)NCC[Si](OC)(OC)OC. The van der Waals surface area contributed by atoms with Crippen LogP contribution in [0.1, 0.15) is 46.9 Å². The fourth-order valence-electron chi connectivity index (χ4n) is 2.53. The van der Waals surface area contributed by atoms with Crippen LogP contribution in [0.3, 0.4) is 0 Å². The van der Waals surface area contributed by atoms with Crippen LogP contribution in [0.25, 0.3) is 0 Å². The monoisotopic (exact) mass is 382 g/mol. The van der Waals surface area contributed by atoms with Crippen LogP contribution in [0.4, 0.5) is 0 Å². The largest absolute Gasteiger partial charge is 0.501 e. The van der Waals surface area contributed by atoms with Crippen molar-refractivity contribution in [3.8, 4) is 0 Å². The first-order valence-electron chi connectivity index (χ1n) is 8.84. The molecule has 1 aromatic carbocycles. The molecule has 1 rings (SSSR count). The van der Waals surface area contributed by atoms with Crippen molar-refractivity contribution in [3.05, 3.63) is 35.4 Å². The number of nitrogens with one attached hydrogen (secondary N) is 2. The molecule has 0 aliphatic rings. The fourth-order valence-corrected chi connectivity index (χ4v) is 4.08. The van der Waals surface area contributed by atoms with Crippen LogP contribution < -0.4 is 10.6 Å². The second-order valence-electron chi connectivity index (χ2n) is 5.81. The zero-order chi connectivity index (χ0) is 19.4. The summed E-state index contributed by atoms with van der Waals surface area (Å²) < 4.78 is 16.0. The first-order valence-corrected chi connectivity index (χ1v) is 10.8. The third-order valence-corrected chi connectivity index (χ3v) is 6.86. The van der Waals surface area contributed by atoms with E-state index in [2.05, 4.69) is 17.6 Å². The molecular weight excluding hydrogens is 352 g/mol. The molecule has 2 N–H and O–H groups in total. The summed E-state index contributed by atoms with van der Waals surface area (Å²) in [5.74, 6) is -0.545. The van der Waals surface area contributed by atoms with E-state index in [1.807, 2.05) is 0 Å². The Bertz CT molecular complexity index is 570. The molecule has 2 amide bonds. The molecule has 0 unspecified atom stereocenters. The van der Waals surface area contributed by atoms with E-state index < -0.39 is 8.80 Å². The zero-order valence-electron chi connectivity index (χ0n) is 16.1. The minimum absolute atomic E-state index is 0.235. The standard InChI is InChI=1S/C18H30N2O5Si/c1-5-6-9-12-19-17(21)15-10-7-8-11-16(15)18(22)20-13-14-26(23-2,24-3)25-4/h7-8,10-11H,5-6,9,12-14H2,1-4H3,(H,19,21)(H,20,22). The molecule has 8 heteroatoms. The van der Waals surface area contributed by atoms with Crippen LogP contribution in [0, 0.1) is 0 Å². The lowest BCUT2D eigenvalue weighted by molar-refractivity contribution is 0.0915. The van der Waals surface area contributed by atoms with E-state index in [0.717, 1.165) is 19.3 Å². The number of unbranched alkanes of at least 4 members (excludes halogenated alkanes) is 2. The summed E-state index contributed by atoms with van der Waals surface area (Å²) in [6, 6.07) is 7.22. The van der Waals surface area contributed by atoms with Crippen LogP contribution in [0.15, 0.2) is 24.3 Å². The quantitative estimate of drug-likeness (QED) is 0.428. The molecule has 0 saturated carbocycles. The molecule has 0 saturated heterocycles. The minimum atomic E-state index is -2.74. The number of carbonyl (C=O) groups is 2. The first-order chi connectivity index (χ1) is 12.5. The third kappa shape index (κ3) is 6.53. The highest BCUT2D eigenvalue weighted by atomic mass is 28.4. The van der Waals surface area contributed by atoms with Gasteiger partial charge in [0, 0.05) is 40.5 Å². The van der Waals surface area contributed by atoms with Crippen molar-refractivity contribution in [3.63, 3.8) is 0 Å². The van der Waals surface area contributed by atoms with Crippen LogP contribution in [-0.4, -0.2) is 55.0 Å². The van der Waals surface area contributed by atoms with Gasteiger partial charge in [-0.1, -0.05) is 31.9 Å². The highest BCUT2D eigenvalue weighted by molar-refractivity contribution is 6.60. The highest BCUT2D eigenvalue weighted by Crippen LogP contribution is 2.12. The second kappa shape index (κ2) is 11.8. The summed E-state index contributed by atoms with van der Waals surface area (Å²) in [6.07, 6.45) is 3.07. The predicted molar refractivity (Wildman–Crippen MR) is 102 cm³/mol. The number of hydrogen-bond donors (Lipinski definition) is 2. The molecule has 0 radical (unpaired) electrons. The van der Waals surface area contributed by atoms with E-state index in [0.29, 0.717) is 30.3 Å². The van der Waals surface area contributed by atoms with Gasteiger partial charge in [-0.2, -0.15) is 0 Å². The first kappa shape index (κ1) is 22.3. The summed E-state index contributed by atoms with van der Waals surface area (Å²) in [7, 11) is 1.84. The molecule has 1 aromatic rings. The third-order valence-electron chi connectivity index (χ3n) is 4.13. The van der Waals surface area contributed by atoms with Gasteiger partial charge in [-0.05, 0) is 18.6 Å². The number of rotatable bonds is 12. The lowest BCUT2D eigenvalue weighted by atomic mass is 10.1. The van der Waals surface area contributed by atoms with Crippen molar-refractivity contribution in [1.82, 2.24) is 10.6 Å². The van der Waals surface area contributed by atoms with Gasteiger partial charge >= 0.3 is 8.80 Å². The molecule has 0 heterocycles. The van der Waals surface area contributed by atoms with Gasteiger partial charge in [0.1, 0.15) is 0 Å². The Morgan fingerprint density at radius 3 is 1.85 bits per heavy atom. The average molecular weight is 383 g/mol. The lowest BCUT2D eigenvalue weighted by Crippen LogP contribution is -2.45. The van der Waals surface area contributed by atoms with E-state index in [1.165, 1.54) is 21.3 Å². The van der Waals surface area contributed by atoms with Gasteiger partial charge in [0.15, 0.2) is 0 Å². The van der Waals surface area contributed by atoms with Crippen molar-refractivity contribution in [2.45, 2.75) is 32.2 Å². The fraction of sp³-hybridized carbons (Fsp3) is 0.556. The topological polar surface area (TPSA) is 85.9 Å². The molecule has 0 aromatic heterocycles. The molecule has 0 bridgehead atoms. The summed E-state index contributed by atoms with van der Waals surface area (Å²) in [5.41, 5.74) is 0.718. The lowest BCUT2D eigenvalue weighted by Gasteiger charge is -2.24. The summed E-state index contributed by atoms with van der Waals surface area (Å²) in [5, 5.41) is 5.67. The van der Waals surface area contributed by atoms with Gasteiger partial charge in [-0.3, -0.25) is 9.59 Å². The maximum absolute atomic E-state index is 12.5. The Morgan fingerprint density at radius 1 is 0.885 bits per heavy atom. The molecule has 0 aliphatic heterocycles. The van der Waals surface area contributed by atoms with Gasteiger partial charge in [0.05, 0.1) is 11.1 Å². The molecule has 0 atom stereocenters. The van der Waals surface area contributed by atoms with E-state index >= 15 is 0 Å². The number of hydrogen-bond acceptors (Lipinski definition) is 5. The number of carbonyl (C=O) groups excluding carboxylic acids is 2. The van der Waals surface area contributed by atoms with Crippen molar-refractivity contribution in [1.29, 1.82) is 0 Å². The Hall–Kier alpha value is -1.74. The Labute approximate surface area is 156 Å². The van der Waals surface area contributed by atoms with Gasteiger partial charge in [0.25, 0.3) is 11.8 Å². The summed E-state index contributed by atoms with van der Waals surface area (Å²) in [4.78, 5) is 24.9. The Morgan fingerprint density at radius 2 is 1.38 bits per heavy atom. The van der Waals surface area contributed by atoms with Crippen molar-refractivity contribution >= 4 is 20.6 Å². The molecular formula is C18H30N2O5Si. The van der Waals surface area contributed by atoms with Crippen molar-refractivity contribution < 1.29 is 22.9 Å². The maximum Gasteiger partial charge on any atom is 0.501 e. The van der Waals surface area contributed by atoms with Gasteiger partial charge in [-0.25, -0.2) is 0 Å². The van der Waals surface area contributed by atoms with E-state index in [-0.39, 0.29) is 11.8 Å². The molecule has 0 aliphatic carbocycles. The van der Waals surface area contributed by atoms with Crippen LogP contribution >= 0.6 is 0 Å². The average Bonchev–Trinajstić information content (AvgIpc) is 2.68. The Kier molecular flexibility index (Phi) is 10.1. The predicted octanol–water partition coefficient (Wildman–Crippen LogP) is 2.21. The molecule has 146 valence electrons. The minimum Gasteiger partial charge on any atom is -0.377 e. The van der Waals surface area contributed by atoms with Crippen LogP contribution in [0.5, 0.6) is 0 Å². The second-order valence-corrected chi connectivity index (χ2v) is 8.90. The van der Waals surface area contributed by atoms with E-state index in [9.17, 15) is 9.59 Å². The zero-order valence-corrected chi connectivity index (χ0v) is 17.1. The Balaban J connectivity index is 2.68. The highest BCUT2D eigenvalue weighted by Gasteiger charge is 2.37. The normalized spacial score (nSPS) is 11.2. The van der Waals surface area contributed by atoms with Crippen LogP contribution in [0.2, 0.25) is 6.04 Å². The van der Waals surface area contributed by atoms with E-state index in [4.69, 9.17) is 13.3 Å². The van der Waals surface area contributed by atoms with E-state index in [1.54, 1.807) is 24.3 Å². The molecule has 7 nitrogen and oxygen atoms in total. The smallest absolute Gasteiger partial charge is 0.377 e. The summed E-state index contributed by atoms with van der Waals surface area (Å²) >= 11 is 0.